The second kappa shape index (κ2) is 9.86. The highest BCUT2D eigenvalue weighted by atomic mass is 16.5. The quantitative estimate of drug-likeness (QED) is 0.509. The van der Waals surface area contributed by atoms with Crippen molar-refractivity contribution in [3.05, 3.63) is 18.2 Å². The van der Waals surface area contributed by atoms with E-state index in [1.165, 1.54) is 0 Å². The third-order valence-electron chi connectivity index (χ3n) is 4.69. The molecule has 1 aliphatic heterocycles. The van der Waals surface area contributed by atoms with Crippen LogP contribution in [0.25, 0.3) is 0 Å². The van der Waals surface area contributed by atoms with Gasteiger partial charge < -0.3 is 19.7 Å². The molecule has 26 heavy (non-hydrogen) atoms. The molecule has 1 fully saturated rings. The molecule has 3 N–H and O–H groups in total. The number of nitrogens with zero attached hydrogens (tertiary/aromatic N) is 1. The van der Waals surface area contributed by atoms with Gasteiger partial charge in [0.05, 0.1) is 19.9 Å². The summed E-state index contributed by atoms with van der Waals surface area (Å²) in [5, 5.41) is 11.4. The molecule has 0 radical (unpaired) electrons. The third kappa shape index (κ3) is 5.52. The molecule has 1 aromatic rings. The van der Waals surface area contributed by atoms with Crippen LogP contribution >= 0.6 is 0 Å². The number of piperidine rings is 1. The van der Waals surface area contributed by atoms with Gasteiger partial charge in [-0.05, 0) is 43.7 Å². The van der Waals surface area contributed by atoms with E-state index in [2.05, 4.69) is 5.32 Å². The molecule has 0 atom stereocenters. The number of carbonyl (C=O) groups excluding carboxylic acids is 2. The summed E-state index contributed by atoms with van der Waals surface area (Å²) < 4.78 is 10.5. The summed E-state index contributed by atoms with van der Waals surface area (Å²) in [6.45, 7) is 1.36. The van der Waals surface area contributed by atoms with Crippen molar-refractivity contribution in [2.24, 2.45) is 5.92 Å². The summed E-state index contributed by atoms with van der Waals surface area (Å²) in [6, 6.07) is 5.11. The predicted molar refractivity (Wildman–Crippen MR) is 96.6 cm³/mol. The highest BCUT2D eigenvalue weighted by Crippen LogP contribution is 2.30. The lowest BCUT2D eigenvalue weighted by Gasteiger charge is -2.32. The zero-order valence-corrected chi connectivity index (χ0v) is 15.3. The van der Waals surface area contributed by atoms with E-state index in [1.807, 2.05) is 0 Å². The first-order valence-electron chi connectivity index (χ1n) is 8.78. The van der Waals surface area contributed by atoms with Crippen LogP contribution in [0.15, 0.2) is 18.2 Å². The maximum atomic E-state index is 12.5. The molecule has 1 aromatic carbocycles. The summed E-state index contributed by atoms with van der Waals surface area (Å²) >= 11 is 0. The minimum absolute atomic E-state index is 0.147. The largest absolute Gasteiger partial charge is 0.497 e. The lowest BCUT2D eigenvalue weighted by atomic mass is 9.91. The average Bonchev–Trinajstić information content (AvgIpc) is 2.68. The van der Waals surface area contributed by atoms with Crippen molar-refractivity contribution in [1.29, 1.82) is 0 Å². The smallest absolute Gasteiger partial charge is 0.321 e. The number of likely N-dealkylation sites (tertiary alicyclic amines) is 1. The van der Waals surface area contributed by atoms with E-state index in [9.17, 15) is 9.59 Å². The molecule has 0 saturated carbocycles. The van der Waals surface area contributed by atoms with Crippen molar-refractivity contribution in [2.45, 2.75) is 32.1 Å². The van der Waals surface area contributed by atoms with E-state index in [-0.39, 0.29) is 11.9 Å². The van der Waals surface area contributed by atoms with E-state index in [1.54, 1.807) is 42.8 Å². The first-order chi connectivity index (χ1) is 12.6. The maximum absolute atomic E-state index is 12.5. The Labute approximate surface area is 153 Å². The Morgan fingerprint density at radius 3 is 2.58 bits per heavy atom. The van der Waals surface area contributed by atoms with Gasteiger partial charge in [-0.15, -0.1) is 0 Å². The summed E-state index contributed by atoms with van der Waals surface area (Å²) in [6.07, 6.45) is 3.82. The van der Waals surface area contributed by atoms with Crippen molar-refractivity contribution < 1.29 is 24.3 Å². The van der Waals surface area contributed by atoms with Gasteiger partial charge in [-0.25, -0.2) is 10.3 Å². The van der Waals surface area contributed by atoms with Crippen LogP contribution in [-0.2, 0) is 4.79 Å². The monoisotopic (exact) mass is 365 g/mol. The van der Waals surface area contributed by atoms with Crippen molar-refractivity contribution in [3.63, 3.8) is 0 Å². The Bertz CT molecular complexity index is 615. The fourth-order valence-electron chi connectivity index (χ4n) is 3.13. The molecule has 0 bridgehead atoms. The van der Waals surface area contributed by atoms with Crippen molar-refractivity contribution in [3.8, 4) is 11.5 Å². The Kier molecular flexibility index (Phi) is 7.53. The maximum Gasteiger partial charge on any atom is 0.321 e. The highest BCUT2D eigenvalue weighted by Gasteiger charge is 2.23. The number of anilines is 1. The number of methoxy groups -OCH3 is 2. The second-order valence-electron chi connectivity index (χ2n) is 6.35. The molecular formula is C18H27N3O5. The molecule has 2 rings (SSSR count). The third-order valence-corrected chi connectivity index (χ3v) is 4.69. The van der Waals surface area contributed by atoms with Gasteiger partial charge in [-0.2, -0.15) is 0 Å². The Hall–Kier alpha value is -2.48. The number of urea groups is 1. The lowest BCUT2D eigenvalue weighted by Crippen LogP contribution is -2.41. The van der Waals surface area contributed by atoms with Crippen molar-refractivity contribution in [1.82, 2.24) is 10.4 Å². The van der Waals surface area contributed by atoms with E-state index in [0.29, 0.717) is 42.6 Å². The van der Waals surface area contributed by atoms with Crippen molar-refractivity contribution >= 4 is 17.6 Å². The number of hydroxylamine groups is 1. The molecule has 8 nitrogen and oxygen atoms in total. The summed E-state index contributed by atoms with van der Waals surface area (Å²) in [4.78, 5) is 25.3. The van der Waals surface area contributed by atoms with Crippen LogP contribution in [-0.4, -0.2) is 49.4 Å². The van der Waals surface area contributed by atoms with Crippen LogP contribution < -0.4 is 20.3 Å². The van der Waals surface area contributed by atoms with Gasteiger partial charge in [0.1, 0.15) is 11.5 Å². The average molecular weight is 365 g/mol. The molecule has 0 aliphatic carbocycles. The van der Waals surface area contributed by atoms with Gasteiger partial charge in [0.25, 0.3) is 0 Å². The number of benzene rings is 1. The van der Waals surface area contributed by atoms with Gasteiger partial charge >= 0.3 is 6.03 Å². The van der Waals surface area contributed by atoms with Crippen LogP contribution in [0.1, 0.15) is 32.1 Å². The van der Waals surface area contributed by atoms with Gasteiger partial charge in [-0.1, -0.05) is 0 Å². The molecule has 8 heteroatoms. The molecule has 1 aliphatic rings. The van der Waals surface area contributed by atoms with Crippen LogP contribution in [0.4, 0.5) is 10.5 Å². The summed E-state index contributed by atoms with van der Waals surface area (Å²) in [5.74, 6) is 1.36. The Balaban J connectivity index is 1.80. The number of hydrogen-bond acceptors (Lipinski definition) is 5. The van der Waals surface area contributed by atoms with E-state index in [0.717, 1.165) is 25.7 Å². The van der Waals surface area contributed by atoms with Crippen LogP contribution in [0.2, 0.25) is 0 Å². The summed E-state index contributed by atoms with van der Waals surface area (Å²) in [5.41, 5.74) is 2.25. The normalized spacial score (nSPS) is 14.7. The molecular weight excluding hydrogens is 338 g/mol. The van der Waals surface area contributed by atoms with Gasteiger partial charge in [0.2, 0.25) is 5.91 Å². The van der Waals surface area contributed by atoms with E-state index in [4.69, 9.17) is 14.7 Å². The zero-order valence-electron chi connectivity index (χ0n) is 15.3. The van der Waals surface area contributed by atoms with E-state index < -0.39 is 0 Å². The number of ether oxygens (including phenoxy) is 2. The first-order valence-corrected chi connectivity index (χ1v) is 8.78. The summed E-state index contributed by atoms with van der Waals surface area (Å²) in [7, 11) is 3.13. The highest BCUT2D eigenvalue weighted by molar-refractivity contribution is 5.91. The zero-order chi connectivity index (χ0) is 18.9. The minimum Gasteiger partial charge on any atom is -0.497 e. The Morgan fingerprint density at radius 2 is 1.96 bits per heavy atom. The van der Waals surface area contributed by atoms with Crippen molar-refractivity contribution in [2.75, 3.05) is 32.6 Å². The van der Waals surface area contributed by atoms with Gasteiger partial charge in [0.15, 0.2) is 0 Å². The van der Waals surface area contributed by atoms with Crippen LogP contribution in [0.5, 0.6) is 11.5 Å². The number of carbonyl (C=O) groups is 2. The number of hydrogen-bond donors (Lipinski definition) is 3. The molecule has 1 heterocycles. The second-order valence-corrected chi connectivity index (χ2v) is 6.35. The van der Waals surface area contributed by atoms with Gasteiger partial charge in [0, 0.05) is 25.6 Å². The first kappa shape index (κ1) is 19.8. The fourth-order valence-corrected chi connectivity index (χ4v) is 3.13. The predicted octanol–water partition coefficient (Wildman–Crippen LogP) is 2.62. The van der Waals surface area contributed by atoms with Crippen LogP contribution in [0, 0.1) is 5.92 Å². The Morgan fingerprint density at radius 1 is 1.23 bits per heavy atom. The topological polar surface area (TPSA) is 100 Å². The number of amides is 3. The number of nitrogens with one attached hydrogen (secondary N) is 2. The molecule has 144 valence electrons. The standard InChI is InChI=1S/C18H27N3O5/c1-25-14-6-7-15(16(12-14)26-2)19-18(23)21-10-8-13(9-11-21)4-3-5-17(22)20-24/h6-7,12-13,24H,3-5,8-11H2,1-2H3,(H,19,23)(H,20,22). The molecule has 0 spiro atoms. The lowest BCUT2D eigenvalue weighted by molar-refractivity contribution is -0.129. The molecule has 1 saturated heterocycles. The number of rotatable bonds is 7. The minimum atomic E-state index is -0.352. The molecule has 3 amide bonds. The van der Waals surface area contributed by atoms with Gasteiger partial charge in [-0.3, -0.25) is 10.0 Å². The SMILES string of the molecule is COc1ccc(NC(=O)N2CCC(CCCC(=O)NO)CC2)c(OC)c1. The molecule has 0 unspecified atom stereocenters. The molecule has 0 aromatic heterocycles. The van der Waals surface area contributed by atoms with E-state index >= 15 is 0 Å². The van der Waals surface area contributed by atoms with Crippen LogP contribution in [0.3, 0.4) is 0 Å². The fraction of sp³-hybridized carbons (Fsp3) is 0.556.